The summed E-state index contributed by atoms with van der Waals surface area (Å²) >= 11 is 0. The van der Waals surface area contributed by atoms with Gasteiger partial charge in [0, 0.05) is 12.1 Å². The first kappa shape index (κ1) is 13.5. The number of carbonyl (C=O) groups is 1. The topological polar surface area (TPSA) is 64.3 Å². The third-order valence-electron chi connectivity index (χ3n) is 2.62. The van der Waals surface area contributed by atoms with Crippen LogP contribution in [0, 0.1) is 12.8 Å². The molecule has 94 valence electrons. The molecule has 0 spiro atoms. The number of carbonyl (C=O) groups excluding carboxylic acids is 1. The summed E-state index contributed by atoms with van der Waals surface area (Å²) in [6.07, 6.45) is 0. The second kappa shape index (κ2) is 6.25. The minimum absolute atomic E-state index is 0.281. The van der Waals surface area contributed by atoms with E-state index >= 15 is 0 Å². The molecule has 1 amide bonds. The van der Waals surface area contributed by atoms with E-state index in [1.54, 1.807) is 6.92 Å². The van der Waals surface area contributed by atoms with Crippen molar-refractivity contribution in [2.75, 3.05) is 13.7 Å². The van der Waals surface area contributed by atoms with Gasteiger partial charge in [0.2, 0.25) is 5.91 Å². The number of nitrogens with two attached hydrogens (primary N) is 1. The van der Waals surface area contributed by atoms with E-state index in [0.29, 0.717) is 6.61 Å². The molecule has 4 nitrogen and oxygen atoms in total. The lowest BCUT2D eigenvalue weighted by molar-refractivity contribution is -0.122. The molecule has 0 bridgehead atoms. The molecule has 0 aliphatic rings. The molecule has 0 radical (unpaired) electrons. The lowest BCUT2D eigenvalue weighted by Crippen LogP contribution is -2.26. The maximum Gasteiger partial charge on any atom is 0.223 e. The van der Waals surface area contributed by atoms with Crippen molar-refractivity contribution in [1.29, 1.82) is 0 Å². The van der Waals surface area contributed by atoms with Crippen LogP contribution in [0.3, 0.4) is 0 Å². The number of rotatable bonds is 6. The molecule has 0 aromatic heterocycles. The Morgan fingerprint density at radius 1 is 1.53 bits per heavy atom. The Balaban J connectivity index is 2.78. The smallest absolute Gasteiger partial charge is 0.223 e. The maximum absolute atomic E-state index is 10.9. The highest BCUT2D eigenvalue weighted by Gasteiger charge is 2.12. The van der Waals surface area contributed by atoms with Gasteiger partial charge in [-0.3, -0.25) is 4.79 Å². The van der Waals surface area contributed by atoms with E-state index in [1.165, 1.54) is 0 Å². The van der Waals surface area contributed by atoms with Gasteiger partial charge in [0.25, 0.3) is 0 Å². The van der Waals surface area contributed by atoms with Crippen molar-refractivity contribution in [2.24, 2.45) is 11.7 Å². The van der Waals surface area contributed by atoms with Crippen LogP contribution in [-0.2, 0) is 11.3 Å². The summed E-state index contributed by atoms with van der Waals surface area (Å²) in [6.45, 7) is 4.81. The standard InChI is InChI=1S/C13H20N2O2/c1-9-5-4-6-11(7-15-3)12(9)17-8-10(2)13(14)16/h4-6,10,15H,7-8H2,1-3H3,(H2,14,16). The molecule has 1 rings (SSSR count). The second-order valence-electron chi connectivity index (χ2n) is 4.21. The number of nitrogens with one attached hydrogen (secondary N) is 1. The van der Waals surface area contributed by atoms with Gasteiger partial charge >= 0.3 is 0 Å². The fourth-order valence-corrected chi connectivity index (χ4v) is 1.54. The quantitative estimate of drug-likeness (QED) is 0.780. The summed E-state index contributed by atoms with van der Waals surface area (Å²) in [5.41, 5.74) is 7.36. The second-order valence-corrected chi connectivity index (χ2v) is 4.21. The van der Waals surface area contributed by atoms with Crippen molar-refractivity contribution in [3.63, 3.8) is 0 Å². The van der Waals surface area contributed by atoms with Crippen LogP contribution in [0.5, 0.6) is 5.75 Å². The zero-order chi connectivity index (χ0) is 12.8. The van der Waals surface area contributed by atoms with Crippen LogP contribution in [-0.4, -0.2) is 19.6 Å². The van der Waals surface area contributed by atoms with Crippen LogP contribution in [0.4, 0.5) is 0 Å². The van der Waals surface area contributed by atoms with E-state index in [1.807, 2.05) is 32.2 Å². The van der Waals surface area contributed by atoms with Crippen molar-refractivity contribution in [2.45, 2.75) is 20.4 Å². The SMILES string of the molecule is CNCc1cccc(C)c1OCC(C)C(N)=O. The van der Waals surface area contributed by atoms with Crippen molar-refractivity contribution in [1.82, 2.24) is 5.32 Å². The van der Waals surface area contributed by atoms with Gasteiger partial charge in [0.1, 0.15) is 5.75 Å². The number of ether oxygens (including phenoxy) is 1. The van der Waals surface area contributed by atoms with Crippen LogP contribution >= 0.6 is 0 Å². The van der Waals surface area contributed by atoms with Gasteiger partial charge in [-0.25, -0.2) is 0 Å². The van der Waals surface area contributed by atoms with E-state index < -0.39 is 0 Å². The number of aryl methyl sites for hydroxylation is 1. The molecule has 1 atom stereocenters. The average molecular weight is 236 g/mol. The first-order valence-corrected chi connectivity index (χ1v) is 5.71. The summed E-state index contributed by atoms with van der Waals surface area (Å²) in [6, 6.07) is 5.99. The normalized spacial score (nSPS) is 12.2. The van der Waals surface area contributed by atoms with Gasteiger partial charge in [0.15, 0.2) is 0 Å². The number of primary amides is 1. The third-order valence-corrected chi connectivity index (χ3v) is 2.62. The van der Waals surface area contributed by atoms with Crippen LogP contribution < -0.4 is 15.8 Å². The molecule has 4 heteroatoms. The Hall–Kier alpha value is -1.55. The number of benzene rings is 1. The zero-order valence-corrected chi connectivity index (χ0v) is 10.6. The Morgan fingerprint density at radius 3 is 2.82 bits per heavy atom. The summed E-state index contributed by atoms with van der Waals surface area (Å²) < 4.78 is 5.70. The largest absolute Gasteiger partial charge is 0.492 e. The molecule has 1 aromatic carbocycles. The molecular weight excluding hydrogens is 216 g/mol. The fraction of sp³-hybridized carbons (Fsp3) is 0.462. The maximum atomic E-state index is 10.9. The van der Waals surface area contributed by atoms with Crippen molar-refractivity contribution in [3.8, 4) is 5.75 Å². The van der Waals surface area contributed by atoms with E-state index in [-0.39, 0.29) is 11.8 Å². The van der Waals surface area contributed by atoms with Crippen LogP contribution in [0.1, 0.15) is 18.1 Å². The summed E-state index contributed by atoms with van der Waals surface area (Å²) in [5.74, 6) is 0.223. The van der Waals surface area contributed by atoms with E-state index in [0.717, 1.165) is 23.4 Å². The summed E-state index contributed by atoms with van der Waals surface area (Å²) in [4.78, 5) is 10.9. The first-order valence-electron chi connectivity index (χ1n) is 5.71. The minimum Gasteiger partial charge on any atom is -0.492 e. The molecule has 0 fully saturated rings. The fourth-order valence-electron chi connectivity index (χ4n) is 1.54. The highest BCUT2D eigenvalue weighted by atomic mass is 16.5. The Bertz CT molecular complexity index is 391. The molecular formula is C13H20N2O2. The van der Waals surface area contributed by atoms with Crippen molar-refractivity contribution < 1.29 is 9.53 Å². The molecule has 0 heterocycles. The van der Waals surface area contributed by atoms with Gasteiger partial charge in [-0.15, -0.1) is 0 Å². The molecule has 17 heavy (non-hydrogen) atoms. The zero-order valence-electron chi connectivity index (χ0n) is 10.6. The lowest BCUT2D eigenvalue weighted by atomic mass is 10.1. The first-order chi connectivity index (χ1) is 8.06. The molecule has 1 aromatic rings. The highest BCUT2D eigenvalue weighted by Crippen LogP contribution is 2.23. The van der Waals surface area contributed by atoms with Crippen molar-refractivity contribution in [3.05, 3.63) is 29.3 Å². The van der Waals surface area contributed by atoms with Crippen molar-refractivity contribution >= 4 is 5.91 Å². The Morgan fingerprint density at radius 2 is 2.24 bits per heavy atom. The Labute approximate surface area is 102 Å². The number of amides is 1. The monoisotopic (exact) mass is 236 g/mol. The van der Waals surface area contributed by atoms with Gasteiger partial charge in [-0.2, -0.15) is 0 Å². The minimum atomic E-state index is -0.339. The van der Waals surface area contributed by atoms with Crippen LogP contribution in [0.25, 0.3) is 0 Å². The molecule has 0 saturated heterocycles. The molecule has 0 saturated carbocycles. The summed E-state index contributed by atoms with van der Waals surface area (Å²) in [7, 11) is 1.89. The predicted molar refractivity (Wildman–Crippen MR) is 67.8 cm³/mol. The molecule has 3 N–H and O–H groups in total. The van der Waals surface area contributed by atoms with E-state index in [4.69, 9.17) is 10.5 Å². The molecule has 0 aliphatic heterocycles. The number of para-hydroxylation sites is 1. The number of hydrogen-bond donors (Lipinski definition) is 2. The number of hydrogen-bond acceptors (Lipinski definition) is 3. The lowest BCUT2D eigenvalue weighted by Gasteiger charge is -2.15. The molecule has 1 unspecified atom stereocenters. The van der Waals surface area contributed by atoms with Crippen LogP contribution in [0.2, 0.25) is 0 Å². The third kappa shape index (κ3) is 3.75. The van der Waals surface area contributed by atoms with Gasteiger partial charge in [-0.05, 0) is 19.5 Å². The Kier molecular flexibility index (Phi) is 4.97. The van der Waals surface area contributed by atoms with Crippen LogP contribution in [0.15, 0.2) is 18.2 Å². The van der Waals surface area contributed by atoms with E-state index in [2.05, 4.69) is 5.32 Å². The van der Waals surface area contributed by atoms with E-state index in [9.17, 15) is 4.79 Å². The highest BCUT2D eigenvalue weighted by molar-refractivity contribution is 5.76. The van der Waals surface area contributed by atoms with Gasteiger partial charge < -0.3 is 15.8 Å². The molecule has 0 aliphatic carbocycles. The average Bonchev–Trinajstić information content (AvgIpc) is 2.28. The predicted octanol–water partition coefficient (Wildman–Crippen LogP) is 1.21. The van der Waals surface area contributed by atoms with Gasteiger partial charge in [-0.1, -0.05) is 25.1 Å². The van der Waals surface area contributed by atoms with Gasteiger partial charge in [0.05, 0.1) is 12.5 Å². The summed E-state index contributed by atoms with van der Waals surface area (Å²) in [5, 5.41) is 3.09.